The fourth-order valence-electron chi connectivity index (χ4n) is 2.89. The molecule has 0 aliphatic heterocycles. The van der Waals surface area contributed by atoms with Crippen molar-refractivity contribution < 1.29 is 14.3 Å². The van der Waals surface area contributed by atoms with Crippen LogP contribution in [0.5, 0.6) is 0 Å². The number of hydrogen-bond donors (Lipinski definition) is 2. The van der Waals surface area contributed by atoms with E-state index in [9.17, 15) is 9.59 Å². The molecule has 0 aromatic rings. The lowest BCUT2D eigenvalue weighted by molar-refractivity contribution is -0.163. The normalized spacial score (nSPS) is 23.5. The third kappa shape index (κ3) is 5.06. The third-order valence-electron chi connectivity index (χ3n) is 4.79. The van der Waals surface area contributed by atoms with E-state index in [4.69, 9.17) is 10.5 Å². The maximum absolute atomic E-state index is 12.3. The summed E-state index contributed by atoms with van der Waals surface area (Å²) in [7, 11) is 1.78. The van der Waals surface area contributed by atoms with Crippen molar-refractivity contribution >= 4 is 24.2 Å². The minimum atomic E-state index is -0.583. The van der Waals surface area contributed by atoms with E-state index in [1.165, 1.54) is 0 Å². The van der Waals surface area contributed by atoms with Gasteiger partial charge in [-0.2, -0.15) is 0 Å². The maximum atomic E-state index is 12.3. The fourth-order valence-corrected chi connectivity index (χ4v) is 2.89. The van der Waals surface area contributed by atoms with Gasteiger partial charge in [-0.05, 0) is 19.3 Å². The van der Waals surface area contributed by atoms with Crippen molar-refractivity contribution in [3.63, 3.8) is 0 Å². The zero-order valence-electron chi connectivity index (χ0n) is 15.1. The highest BCUT2D eigenvalue weighted by Crippen LogP contribution is 2.45. The van der Waals surface area contributed by atoms with E-state index in [0.717, 1.165) is 6.42 Å². The lowest BCUT2D eigenvalue weighted by Crippen LogP contribution is -2.63. The molecule has 1 aliphatic rings. The van der Waals surface area contributed by atoms with Gasteiger partial charge >= 0.3 is 0 Å². The van der Waals surface area contributed by atoms with Crippen molar-refractivity contribution in [1.29, 1.82) is 0 Å². The van der Waals surface area contributed by atoms with Crippen LogP contribution in [0.1, 0.15) is 41.0 Å². The van der Waals surface area contributed by atoms with Crippen LogP contribution in [0.25, 0.3) is 0 Å². The molecule has 23 heavy (non-hydrogen) atoms. The number of nitrogens with zero attached hydrogens (tertiary/aromatic N) is 1. The van der Waals surface area contributed by atoms with E-state index in [1.807, 2.05) is 20.8 Å². The first-order valence-electron chi connectivity index (χ1n) is 8.03. The molecule has 7 heteroatoms. The fraction of sp³-hybridized carbons (Fsp3) is 0.875. The van der Waals surface area contributed by atoms with Crippen molar-refractivity contribution in [1.82, 2.24) is 10.2 Å². The van der Waals surface area contributed by atoms with Crippen LogP contribution in [0.4, 0.5) is 0 Å². The summed E-state index contributed by atoms with van der Waals surface area (Å²) in [5, 5.41) is 2.62. The molecule has 0 bridgehead atoms. The minimum absolute atomic E-state index is 0. The summed E-state index contributed by atoms with van der Waals surface area (Å²) in [5.74, 6) is -0.334. The Kier molecular flexibility index (Phi) is 8.52. The predicted octanol–water partition coefficient (Wildman–Crippen LogP) is 1.17. The van der Waals surface area contributed by atoms with Gasteiger partial charge in [0.15, 0.2) is 0 Å². The van der Waals surface area contributed by atoms with E-state index < -0.39 is 6.04 Å². The van der Waals surface area contributed by atoms with Gasteiger partial charge in [0.2, 0.25) is 11.8 Å². The summed E-state index contributed by atoms with van der Waals surface area (Å²) in [5.41, 5.74) is 5.69. The lowest BCUT2D eigenvalue weighted by atomic mass is 9.64. The number of nitrogens with two attached hydrogens (primary N) is 1. The third-order valence-corrected chi connectivity index (χ3v) is 4.79. The van der Waals surface area contributed by atoms with Gasteiger partial charge in [-0.1, -0.05) is 27.7 Å². The van der Waals surface area contributed by atoms with Crippen molar-refractivity contribution in [2.24, 2.45) is 17.1 Å². The van der Waals surface area contributed by atoms with Crippen LogP contribution in [0.15, 0.2) is 0 Å². The number of amides is 2. The van der Waals surface area contributed by atoms with Crippen LogP contribution in [-0.4, -0.2) is 55.1 Å². The highest BCUT2D eigenvalue weighted by Gasteiger charge is 2.51. The minimum Gasteiger partial charge on any atom is -0.378 e. The van der Waals surface area contributed by atoms with Crippen molar-refractivity contribution in [3.8, 4) is 0 Å². The Morgan fingerprint density at radius 2 is 1.96 bits per heavy atom. The number of ether oxygens (including phenoxy) is 1. The van der Waals surface area contributed by atoms with Gasteiger partial charge in [0.05, 0.1) is 18.7 Å². The van der Waals surface area contributed by atoms with Crippen LogP contribution < -0.4 is 11.1 Å². The highest BCUT2D eigenvalue weighted by atomic mass is 35.5. The molecular formula is C16H32ClN3O3. The van der Waals surface area contributed by atoms with Crippen molar-refractivity contribution in [3.05, 3.63) is 0 Å². The SMILES string of the molecule is CCOC1CC(N(C)C(=O)CNC(=O)[C@@H](N)C(C)C)C1(C)C.Cl. The molecule has 1 fully saturated rings. The Morgan fingerprint density at radius 3 is 2.39 bits per heavy atom. The number of nitrogens with one attached hydrogen (secondary N) is 1. The van der Waals surface area contributed by atoms with E-state index in [1.54, 1.807) is 11.9 Å². The average Bonchev–Trinajstić information content (AvgIpc) is 2.46. The Morgan fingerprint density at radius 1 is 1.39 bits per heavy atom. The van der Waals surface area contributed by atoms with Crippen molar-refractivity contribution in [2.45, 2.75) is 59.2 Å². The van der Waals surface area contributed by atoms with Crippen LogP contribution in [0, 0.1) is 11.3 Å². The molecule has 3 atom stereocenters. The first-order chi connectivity index (χ1) is 10.1. The second-order valence-corrected chi connectivity index (χ2v) is 7.01. The Hall–Kier alpha value is -0.850. The molecule has 0 spiro atoms. The lowest BCUT2D eigenvalue weighted by Gasteiger charge is -2.54. The molecule has 3 N–H and O–H groups in total. The van der Waals surface area contributed by atoms with Crippen LogP contribution in [-0.2, 0) is 14.3 Å². The molecule has 1 rings (SSSR count). The molecule has 136 valence electrons. The molecule has 6 nitrogen and oxygen atoms in total. The summed E-state index contributed by atoms with van der Waals surface area (Å²) >= 11 is 0. The summed E-state index contributed by atoms with van der Waals surface area (Å²) in [6.45, 7) is 10.6. The number of carbonyl (C=O) groups excluding carboxylic acids is 2. The first-order valence-corrected chi connectivity index (χ1v) is 8.03. The van der Waals surface area contributed by atoms with Crippen LogP contribution in [0.3, 0.4) is 0 Å². The molecule has 1 saturated carbocycles. The molecule has 0 radical (unpaired) electrons. The zero-order chi connectivity index (χ0) is 17.1. The van der Waals surface area contributed by atoms with E-state index in [-0.39, 0.29) is 54.2 Å². The molecule has 0 aromatic carbocycles. The number of carbonyl (C=O) groups is 2. The molecular weight excluding hydrogens is 318 g/mol. The number of rotatable bonds is 7. The molecule has 2 unspecified atom stereocenters. The van der Waals surface area contributed by atoms with Gasteiger partial charge in [0, 0.05) is 25.1 Å². The summed E-state index contributed by atoms with van der Waals surface area (Å²) in [6, 6.07) is -0.451. The monoisotopic (exact) mass is 349 g/mol. The number of halogens is 1. The summed E-state index contributed by atoms with van der Waals surface area (Å²) < 4.78 is 5.68. The first kappa shape index (κ1) is 22.1. The molecule has 0 aromatic heterocycles. The van der Waals surface area contributed by atoms with E-state index in [2.05, 4.69) is 19.2 Å². The molecule has 1 aliphatic carbocycles. The number of hydrogen-bond acceptors (Lipinski definition) is 4. The van der Waals surface area contributed by atoms with Gasteiger partial charge in [-0.15, -0.1) is 12.4 Å². The Labute approximate surface area is 145 Å². The maximum Gasteiger partial charge on any atom is 0.241 e. The van der Waals surface area contributed by atoms with Crippen LogP contribution in [0.2, 0.25) is 0 Å². The second kappa shape index (κ2) is 8.85. The van der Waals surface area contributed by atoms with Crippen molar-refractivity contribution in [2.75, 3.05) is 20.2 Å². The zero-order valence-corrected chi connectivity index (χ0v) is 15.9. The van der Waals surface area contributed by atoms with Gasteiger partial charge in [-0.25, -0.2) is 0 Å². The number of likely N-dealkylation sites (N-methyl/N-ethyl adjacent to an activating group) is 1. The Balaban J connectivity index is 0.00000484. The van der Waals surface area contributed by atoms with Crippen LogP contribution >= 0.6 is 12.4 Å². The molecule has 2 amide bonds. The standard InChI is InChI=1S/C16H31N3O3.ClH/c1-7-22-12-8-11(16(12,4)5)19(6)13(20)9-18-15(21)14(17)10(2)3;/h10-12,14H,7-9,17H2,1-6H3,(H,18,21);1H/t11?,12?,14-;/m0./s1. The smallest absolute Gasteiger partial charge is 0.241 e. The topological polar surface area (TPSA) is 84.7 Å². The largest absolute Gasteiger partial charge is 0.378 e. The Bertz CT molecular complexity index is 415. The van der Waals surface area contributed by atoms with Gasteiger partial charge < -0.3 is 20.7 Å². The van der Waals surface area contributed by atoms with Gasteiger partial charge in [0.25, 0.3) is 0 Å². The van der Waals surface area contributed by atoms with Gasteiger partial charge in [-0.3, -0.25) is 9.59 Å². The summed E-state index contributed by atoms with van der Waals surface area (Å²) in [6.07, 6.45) is 1.02. The quantitative estimate of drug-likeness (QED) is 0.722. The van der Waals surface area contributed by atoms with Gasteiger partial charge in [0.1, 0.15) is 0 Å². The molecule has 0 saturated heterocycles. The average molecular weight is 350 g/mol. The summed E-state index contributed by atoms with van der Waals surface area (Å²) in [4.78, 5) is 25.8. The van der Waals surface area contributed by atoms with E-state index in [0.29, 0.717) is 6.61 Å². The molecule has 0 heterocycles. The highest BCUT2D eigenvalue weighted by molar-refractivity contribution is 5.87. The second-order valence-electron chi connectivity index (χ2n) is 7.01. The van der Waals surface area contributed by atoms with E-state index >= 15 is 0 Å². The predicted molar refractivity (Wildman–Crippen MR) is 93.4 cm³/mol.